The Balaban J connectivity index is 2.26. The zero-order chi connectivity index (χ0) is 12.9. The largest absolute Gasteiger partial charge is 0.311 e. The van der Waals surface area contributed by atoms with E-state index in [-0.39, 0.29) is 5.54 Å². The molecule has 0 radical (unpaired) electrons. The Hall–Kier alpha value is -0.120. The first-order chi connectivity index (χ1) is 7.94. The molecule has 3 nitrogen and oxygen atoms in total. The second-order valence-corrected chi connectivity index (χ2v) is 6.26. The molecule has 1 rings (SSSR count). The normalized spacial score (nSPS) is 22.6. The lowest BCUT2D eigenvalue weighted by atomic mass is 10.0. The summed E-state index contributed by atoms with van der Waals surface area (Å²) in [4.78, 5) is 4.96. The summed E-state index contributed by atoms with van der Waals surface area (Å²) in [6, 6.07) is 0.775. The molecule has 1 fully saturated rings. The predicted octanol–water partition coefficient (Wildman–Crippen LogP) is 1.79. The highest BCUT2D eigenvalue weighted by Gasteiger charge is 2.24. The molecule has 0 bridgehead atoms. The Kier molecular flexibility index (Phi) is 5.90. The number of likely N-dealkylation sites (N-methyl/N-ethyl adjacent to an activating group) is 1. The quantitative estimate of drug-likeness (QED) is 0.733. The Morgan fingerprint density at radius 2 is 2.06 bits per heavy atom. The lowest BCUT2D eigenvalue weighted by Crippen LogP contribution is -2.45. The second-order valence-electron chi connectivity index (χ2n) is 6.26. The smallest absolute Gasteiger partial charge is 0.0223 e. The fourth-order valence-electron chi connectivity index (χ4n) is 2.48. The van der Waals surface area contributed by atoms with Crippen molar-refractivity contribution in [3.63, 3.8) is 0 Å². The van der Waals surface area contributed by atoms with Crippen LogP contribution in [0.25, 0.3) is 0 Å². The van der Waals surface area contributed by atoms with Gasteiger partial charge in [-0.05, 0) is 53.8 Å². The van der Waals surface area contributed by atoms with Gasteiger partial charge in [0.05, 0.1) is 0 Å². The maximum atomic E-state index is 3.65. The van der Waals surface area contributed by atoms with Gasteiger partial charge in [-0.1, -0.05) is 6.92 Å². The van der Waals surface area contributed by atoms with Crippen molar-refractivity contribution in [2.75, 3.05) is 40.3 Å². The third kappa shape index (κ3) is 5.36. The van der Waals surface area contributed by atoms with Crippen molar-refractivity contribution in [3.05, 3.63) is 0 Å². The summed E-state index contributed by atoms with van der Waals surface area (Å²) in [6.45, 7) is 11.6. The minimum absolute atomic E-state index is 0.288. The van der Waals surface area contributed by atoms with Crippen LogP contribution >= 0.6 is 0 Å². The maximum absolute atomic E-state index is 3.65. The van der Waals surface area contributed by atoms with Gasteiger partial charge in [-0.2, -0.15) is 0 Å². The maximum Gasteiger partial charge on any atom is 0.0223 e. The van der Waals surface area contributed by atoms with Gasteiger partial charge in [0.15, 0.2) is 0 Å². The van der Waals surface area contributed by atoms with E-state index >= 15 is 0 Å². The summed E-state index contributed by atoms with van der Waals surface area (Å²) in [5.74, 6) is 0. The van der Waals surface area contributed by atoms with Crippen LogP contribution in [0.2, 0.25) is 0 Å². The van der Waals surface area contributed by atoms with E-state index in [0.29, 0.717) is 0 Å². The Labute approximate surface area is 108 Å². The third-order valence-corrected chi connectivity index (χ3v) is 3.96. The van der Waals surface area contributed by atoms with E-state index in [0.717, 1.165) is 12.6 Å². The van der Waals surface area contributed by atoms with E-state index in [4.69, 9.17) is 0 Å². The van der Waals surface area contributed by atoms with Crippen molar-refractivity contribution in [2.24, 2.45) is 0 Å². The van der Waals surface area contributed by atoms with Crippen LogP contribution in [0, 0.1) is 0 Å². The Morgan fingerprint density at radius 1 is 1.35 bits per heavy atom. The average molecular weight is 241 g/mol. The van der Waals surface area contributed by atoms with Crippen LogP contribution in [0.1, 0.15) is 40.0 Å². The second kappa shape index (κ2) is 6.72. The van der Waals surface area contributed by atoms with E-state index in [1.165, 1.54) is 38.9 Å². The van der Waals surface area contributed by atoms with Gasteiger partial charge in [0.25, 0.3) is 0 Å². The molecule has 0 aromatic rings. The van der Waals surface area contributed by atoms with E-state index in [1.54, 1.807) is 0 Å². The van der Waals surface area contributed by atoms with Gasteiger partial charge in [0.1, 0.15) is 0 Å². The van der Waals surface area contributed by atoms with Crippen LogP contribution in [0.3, 0.4) is 0 Å². The number of nitrogens with one attached hydrogen (secondary N) is 1. The standard InChI is InChI=1S/C14H31N3/c1-6-14(2,3)15-9-11-17-10-7-8-13(17)12-16(4)5/h13,15H,6-12H2,1-5H3. The van der Waals surface area contributed by atoms with Crippen LogP contribution < -0.4 is 5.32 Å². The molecular weight excluding hydrogens is 210 g/mol. The number of likely N-dealkylation sites (tertiary alicyclic amines) is 1. The van der Waals surface area contributed by atoms with Crippen molar-refractivity contribution < 1.29 is 0 Å². The molecule has 0 saturated carbocycles. The lowest BCUT2D eigenvalue weighted by Gasteiger charge is -2.30. The van der Waals surface area contributed by atoms with Crippen LogP contribution in [0.4, 0.5) is 0 Å². The van der Waals surface area contributed by atoms with Gasteiger partial charge < -0.3 is 10.2 Å². The molecule has 0 amide bonds. The molecule has 0 aliphatic carbocycles. The van der Waals surface area contributed by atoms with Gasteiger partial charge in [-0.3, -0.25) is 4.90 Å². The number of nitrogens with zero attached hydrogens (tertiary/aromatic N) is 2. The van der Waals surface area contributed by atoms with Crippen molar-refractivity contribution in [1.82, 2.24) is 15.1 Å². The summed E-state index contributed by atoms with van der Waals surface area (Å²) in [7, 11) is 4.35. The molecule has 1 atom stereocenters. The fourth-order valence-corrected chi connectivity index (χ4v) is 2.48. The third-order valence-electron chi connectivity index (χ3n) is 3.96. The van der Waals surface area contributed by atoms with Crippen molar-refractivity contribution in [1.29, 1.82) is 0 Å². The molecule has 102 valence electrons. The molecule has 0 aromatic carbocycles. The zero-order valence-corrected chi connectivity index (χ0v) is 12.4. The summed E-state index contributed by atoms with van der Waals surface area (Å²) >= 11 is 0. The minimum Gasteiger partial charge on any atom is -0.311 e. The number of rotatable bonds is 7. The summed E-state index contributed by atoms with van der Waals surface area (Å²) < 4.78 is 0. The predicted molar refractivity (Wildman–Crippen MR) is 75.5 cm³/mol. The van der Waals surface area contributed by atoms with Gasteiger partial charge in [0.2, 0.25) is 0 Å². The molecule has 1 unspecified atom stereocenters. The molecular formula is C14H31N3. The van der Waals surface area contributed by atoms with Crippen molar-refractivity contribution >= 4 is 0 Å². The Bertz CT molecular complexity index is 214. The van der Waals surface area contributed by atoms with Crippen molar-refractivity contribution in [2.45, 2.75) is 51.6 Å². The van der Waals surface area contributed by atoms with Crippen LogP contribution in [-0.2, 0) is 0 Å². The summed E-state index contributed by atoms with van der Waals surface area (Å²) in [5.41, 5.74) is 0.288. The lowest BCUT2D eigenvalue weighted by molar-refractivity contribution is 0.201. The monoisotopic (exact) mass is 241 g/mol. The molecule has 1 heterocycles. The SMILES string of the molecule is CCC(C)(C)NCCN1CCCC1CN(C)C. The van der Waals surface area contributed by atoms with Gasteiger partial charge in [-0.15, -0.1) is 0 Å². The molecule has 1 N–H and O–H groups in total. The molecule has 1 aliphatic rings. The van der Waals surface area contributed by atoms with Gasteiger partial charge in [0, 0.05) is 31.2 Å². The van der Waals surface area contributed by atoms with E-state index in [1.807, 2.05) is 0 Å². The highest BCUT2D eigenvalue weighted by molar-refractivity contribution is 4.82. The molecule has 0 spiro atoms. The zero-order valence-electron chi connectivity index (χ0n) is 12.4. The van der Waals surface area contributed by atoms with Crippen molar-refractivity contribution in [3.8, 4) is 0 Å². The Morgan fingerprint density at radius 3 is 2.65 bits per heavy atom. The molecule has 3 heteroatoms. The first-order valence-electron chi connectivity index (χ1n) is 7.08. The number of hydrogen-bond donors (Lipinski definition) is 1. The fraction of sp³-hybridized carbons (Fsp3) is 1.00. The average Bonchev–Trinajstić information content (AvgIpc) is 2.65. The molecule has 17 heavy (non-hydrogen) atoms. The molecule has 1 aliphatic heterocycles. The van der Waals surface area contributed by atoms with E-state index in [9.17, 15) is 0 Å². The molecule has 0 aromatic heterocycles. The van der Waals surface area contributed by atoms with Gasteiger partial charge in [-0.25, -0.2) is 0 Å². The summed E-state index contributed by atoms with van der Waals surface area (Å²) in [5, 5.41) is 3.65. The van der Waals surface area contributed by atoms with Crippen LogP contribution in [-0.4, -0.2) is 61.7 Å². The van der Waals surface area contributed by atoms with E-state index in [2.05, 4.69) is 50.0 Å². The summed E-state index contributed by atoms with van der Waals surface area (Å²) in [6.07, 6.45) is 3.93. The number of hydrogen-bond acceptors (Lipinski definition) is 3. The van der Waals surface area contributed by atoms with Crippen LogP contribution in [0.5, 0.6) is 0 Å². The highest BCUT2D eigenvalue weighted by Crippen LogP contribution is 2.17. The van der Waals surface area contributed by atoms with Gasteiger partial charge >= 0.3 is 0 Å². The highest BCUT2D eigenvalue weighted by atomic mass is 15.2. The first-order valence-corrected chi connectivity index (χ1v) is 7.08. The van der Waals surface area contributed by atoms with Crippen LogP contribution in [0.15, 0.2) is 0 Å². The minimum atomic E-state index is 0.288. The molecule has 1 saturated heterocycles. The first kappa shape index (κ1) is 14.9. The van der Waals surface area contributed by atoms with E-state index < -0.39 is 0 Å². The topological polar surface area (TPSA) is 18.5 Å².